The van der Waals surface area contributed by atoms with Crippen LogP contribution in [0.4, 0.5) is 5.69 Å². The van der Waals surface area contributed by atoms with Crippen molar-refractivity contribution in [3.8, 4) is 11.4 Å². The van der Waals surface area contributed by atoms with Gasteiger partial charge in [0.05, 0.1) is 5.75 Å². The maximum absolute atomic E-state index is 12.2. The molecule has 0 spiro atoms. The second-order valence-electron chi connectivity index (χ2n) is 6.83. The number of carbonyl (C=O) groups excluding carboxylic acids is 1. The third-order valence-corrected chi connectivity index (χ3v) is 6.91. The van der Waals surface area contributed by atoms with E-state index in [0.717, 1.165) is 23.1 Å². The number of nitrogens with zero attached hydrogens (tertiary/aromatic N) is 3. The van der Waals surface area contributed by atoms with E-state index in [2.05, 4.69) is 20.9 Å². The molecule has 140 valence electrons. The Morgan fingerprint density at radius 1 is 1.22 bits per heavy atom. The summed E-state index contributed by atoms with van der Waals surface area (Å²) in [6.07, 6.45) is 4.83. The van der Waals surface area contributed by atoms with Crippen molar-refractivity contribution in [3.63, 3.8) is 0 Å². The van der Waals surface area contributed by atoms with Crippen molar-refractivity contribution in [3.05, 3.63) is 45.6 Å². The third kappa shape index (κ3) is 3.94. The molecule has 0 atom stereocenters. The third-order valence-electron chi connectivity index (χ3n) is 4.80. The molecule has 7 heteroatoms. The maximum Gasteiger partial charge on any atom is 0.234 e. The minimum absolute atomic E-state index is 0.0404. The van der Waals surface area contributed by atoms with Crippen LogP contribution < -0.4 is 5.32 Å². The fourth-order valence-corrected chi connectivity index (χ4v) is 5.16. The largest absolute Gasteiger partial charge is 0.325 e. The summed E-state index contributed by atoms with van der Waals surface area (Å²) in [5.74, 6) is 1.17. The van der Waals surface area contributed by atoms with Gasteiger partial charge in [-0.3, -0.25) is 4.79 Å². The zero-order valence-corrected chi connectivity index (χ0v) is 17.1. The van der Waals surface area contributed by atoms with E-state index < -0.39 is 0 Å². The van der Waals surface area contributed by atoms with Gasteiger partial charge in [0.1, 0.15) is 0 Å². The molecule has 27 heavy (non-hydrogen) atoms. The van der Waals surface area contributed by atoms with Crippen molar-refractivity contribution < 1.29 is 4.79 Å². The van der Waals surface area contributed by atoms with Crippen molar-refractivity contribution >= 4 is 34.7 Å². The van der Waals surface area contributed by atoms with Crippen molar-refractivity contribution in [2.45, 2.75) is 37.8 Å². The van der Waals surface area contributed by atoms with Gasteiger partial charge < -0.3 is 9.88 Å². The van der Waals surface area contributed by atoms with Crippen LogP contribution in [-0.4, -0.2) is 26.4 Å². The first-order valence-corrected chi connectivity index (χ1v) is 11.0. The molecule has 0 saturated carbocycles. The standard InChI is InChI=1S/C20H22N4OS2/c1-13-7-9-14(10-8-13)21-18(25)12-27-20-23-22-19(24(20)2)16-11-26-17-6-4-3-5-15(16)17/h7-11H,3-6,12H2,1-2H3,(H,21,25). The topological polar surface area (TPSA) is 59.8 Å². The first-order chi connectivity index (χ1) is 13.1. The molecule has 5 nitrogen and oxygen atoms in total. The molecule has 2 aromatic heterocycles. The zero-order chi connectivity index (χ0) is 18.8. The van der Waals surface area contributed by atoms with Crippen molar-refractivity contribution in [1.29, 1.82) is 0 Å². The van der Waals surface area contributed by atoms with Gasteiger partial charge in [-0.15, -0.1) is 21.5 Å². The number of hydrogen-bond acceptors (Lipinski definition) is 5. The van der Waals surface area contributed by atoms with Crippen LogP contribution in [0.3, 0.4) is 0 Å². The van der Waals surface area contributed by atoms with Crippen molar-refractivity contribution in [2.75, 3.05) is 11.1 Å². The van der Waals surface area contributed by atoms with E-state index in [9.17, 15) is 4.79 Å². The van der Waals surface area contributed by atoms with E-state index in [-0.39, 0.29) is 5.91 Å². The number of nitrogens with one attached hydrogen (secondary N) is 1. The fraction of sp³-hybridized carbons (Fsp3) is 0.350. The highest BCUT2D eigenvalue weighted by Crippen LogP contribution is 2.36. The van der Waals surface area contributed by atoms with Crippen LogP contribution in [0.1, 0.15) is 28.8 Å². The van der Waals surface area contributed by atoms with Crippen LogP contribution in [0.5, 0.6) is 0 Å². The second-order valence-corrected chi connectivity index (χ2v) is 8.73. The van der Waals surface area contributed by atoms with E-state index >= 15 is 0 Å². The Morgan fingerprint density at radius 2 is 2.00 bits per heavy atom. The zero-order valence-electron chi connectivity index (χ0n) is 15.5. The van der Waals surface area contributed by atoms with Crippen LogP contribution in [0.2, 0.25) is 0 Å². The molecule has 0 aliphatic heterocycles. The van der Waals surface area contributed by atoms with Crippen LogP contribution in [-0.2, 0) is 24.7 Å². The Bertz CT molecular complexity index is 959. The van der Waals surface area contributed by atoms with E-state index in [1.54, 1.807) is 0 Å². The maximum atomic E-state index is 12.2. The van der Waals surface area contributed by atoms with Gasteiger partial charge in [-0.2, -0.15) is 0 Å². The number of thioether (sulfide) groups is 1. The van der Waals surface area contributed by atoms with Crippen LogP contribution in [0.25, 0.3) is 11.4 Å². The number of fused-ring (bicyclic) bond motifs is 1. The summed E-state index contributed by atoms with van der Waals surface area (Å²) in [6, 6.07) is 7.80. The first-order valence-electron chi connectivity index (χ1n) is 9.10. The molecule has 0 fully saturated rings. The summed E-state index contributed by atoms with van der Waals surface area (Å²) in [6.45, 7) is 2.03. The van der Waals surface area contributed by atoms with Gasteiger partial charge in [-0.1, -0.05) is 29.5 Å². The average Bonchev–Trinajstić information content (AvgIpc) is 3.25. The van der Waals surface area contributed by atoms with Crippen molar-refractivity contribution in [1.82, 2.24) is 14.8 Å². The van der Waals surface area contributed by atoms with E-state index in [1.165, 1.54) is 52.6 Å². The lowest BCUT2D eigenvalue weighted by Crippen LogP contribution is -2.14. The number of benzene rings is 1. The van der Waals surface area contributed by atoms with Gasteiger partial charge in [0.15, 0.2) is 11.0 Å². The summed E-state index contributed by atoms with van der Waals surface area (Å²) in [4.78, 5) is 13.7. The van der Waals surface area contributed by atoms with Gasteiger partial charge in [-0.25, -0.2) is 0 Å². The molecule has 1 amide bonds. The molecule has 0 bridgehead atoms. The molecule has 0 unspecified atom stereocenters. The Hall–Kier alpha value is -2.12. The molecular formula is C20H22N4OS2. The average molecular weight is 399 g/mol. The van der Waals surface area contributed by atoms with Gasteiger partial charge in [0.2, 0.25) is 5.91 Å². The molecule has 4 rings (SSSR count). The Kier molecular flexibility index (Phi) is 5.31. The predicted molar refractivity (Wildman–Crippen MR) is 111 cm³/mol. The first kappa shape index (κ1) is 18.3. The Balaban J connectivity index is 1.43. The molecule has 1 aliphatic carbocycles. The molecule has 1 aliphatic rings. The number of amides is 1. The van der Waals surface area contributed by atoms with E-state index in [4.69, 9.17) is 0 Å². The normalized spacial score (nSPS) is 13.4. The van der Waals surface area contributed by atoms with Gasteiger partial charge in [0.25, 0.3) is 0 Å². The molecular weight excluding hydrogens is 376 g/mol. The minimum atomic E-state index is -0.0404. The number of anilines is 1. The van der Waals surface area contributed by atoms with E-state index in [1.807, 2.05) is 54.1 Å². The van der Waals surface area contributed by atoms with Crippen LogP contribution in [0, 0.1) is 6.92 Å². The van der Waals surface area contributed by atoms with Gasteiger partial charge >= 0.3 is 0 Å². The second kappa shape index (κ2) is 7.86. The number of aryl methyl sites for hydroxylation is 2. The minimum Gasteiger partial charge on any atom is -0.325 e. The number of carbonyl (C=O) groups is 1. The summed E-state index contributed by atoms with van der Waals surface area (Å²) in [5, 5.41) is 14.6. The van der Waals surface area contributed by atoms with Gasteiger partial charge in [-0.05, 0) is 50.3 Å². The number of thiophene rings is 1. The summed E-state index contributed by atoms with van der Waals surface area (Å²) < 4.78 is 2.00. The summed E-state index contributed by atoms with van der Waals surface area (Å²) >= 11 is 3.25. The highest BCUT2D eigenvalue weighted by atomic mass is 32.2. The van der Waals surface area contributed by atoms with Crippen molar-refractivity contribution in [2.24, 2.45) is 7.05 Å². The molecule has 2 heterocycles. The smallest absolute Gasteiger partial charge is 0.234 e. The fourth-order valence-electron chi connectivity index (χ4n) is 3.32. The Labute approximate surface area is 167 Å². The summed E-state index contributed by atoms with van der Waals surface area (Å²) in [5.41, 5.74) is 4.63. The lowest BCUT2D eigenvalue weighted by Gasteiger charge is -2.12. The summed E-state index contributed by atoms with van der Waals surface area (Å²) in [7, 11) is 1.97. The molecule has 0 radical (unpaired) electrons. The number of aromatic nitrogens is 3. The molecule has 0 saturated heterocycles. The van der Waals surface area contributed by atoms with Crippen LogP contribution in [0.15, 0.2) is 34.8 Å². The monoisotopic (exact) mass is 398 g/mol. The molecule has 3 aromatic rings. The molecule has 1 aromatic carbocycles. The quantitative estimate of drug-likeness (QED) is 0.645. The van der Waals surface area contributed by atoms with E-state index in [0.29, 0.717) is 5.75 Å². The number of rotatable bonds is 5. The van der Waals surface area contributed by atoms with Crippen LogP contribution >= 0.6 is 23.1 Å². The number of hydrogen-bond donors (Lipinski definition) is 1. The SMILES string of the molecule is Cc1ccc(NC(=O)CSc2nnc(-c3csc4c3CCCC4)n2C)cc1. The highest BCUT2D eigenvalue weighted by molar-refractivity contribution is 7.99. The lowest BCUT2D eigenvalue weighted by atomic mass is 9.96. The lowest BCUT2D eigenvalue weighted by molar-refractivity contribution is -0.113. The van der Waals surface area contributed by atoms with Gasteiger partial charge in [0, 0.05) is 28.6 Å². The Morgan fingerprint density at radius 3 is 2.81 bits per heavy atom. The predicted octanol–water partition coefficient (Wildman–Crippen LogP) is 4.46. The molecule has 1 N–H and O–H groups in total. The highest BCUT2D eigenvalue weighted by Gasteiger charge is 2.21.